The first-order valence-electron chi connectivity index (χ1n) is 4.69. The number of thiocarbonyl (C=S) groups is 1. The van der Waals surface area contributed by atoms with Crippen LogP contribution >= 0.6 is 35.7 Å². The number of benzene rings is 1. The number of hydrogen-bond donors (Lipinski definition) is 1. The minimum Gasteiger partial charge on any atom is -0.307 e. The number of carbonyl (C=O) groups excluding carboxylic acids is 1. The molecule has 84 valence electrons. The van der Waals surface area contributed by atoms with E-state index in [0.29, 0.717) is 9.23 Å². The summed E-state index contributed by atoms with van der Waals surface area (Å²) in [5.74, 6) is -0.142. The van der Waals surface area contributed by atoms with E-state index >= 15 is 0 Å². The van der Waals surface area contributed by atoms with E-state index in [2.05, 4.69) is 14.1 Å². The number of hydrogen-bond acceptors (Lipinski definition) is 6. The van der Waals surface area contributed by atoms with Gasteiger partial charge in [0.25, 0.3) is 5.91 Å². The Bertz CT molecular complexity index is 662. The van der Waals surface area contributed by atoms with Crippen LogP contribution in [0, 0.1) is 0 Å². The Balaban J connectivity index is 2.01. The van der Waals surface area contributed by atoms with Crippen molar-refractivity contribution in [3.05, 3.63) is 28.7 Å². The van der Waals surface area contributed by atoms with Crippen molar-refractivity contribution in [2.75, 3.05) is 0 Å². The van der Waals surface area contributed by atoms with E-state index in [1.807, 2.05) is 18.2 Å². The van der Waals surface area contributed by atoms with E-state index in [1.54, 1.807) is 6.08 Å². The highest BCUT2D eigenvalue weighted by molar-refractivity contribution is 8.26. The third kappa shape index (κ3) is 2.08. The maximum atomic E-state index is 11.5. The minimum absolute atomic E-state index is 0.142. The van der Waals surface area contributed by atoms with Gasteiger partial charge in [0.05, 0.1) is 16.6 Å². The Kier molecular flexibility index (Phi) is 2.65. The molecule has 2 aromatic rings. The second kappa shape index (κ2) is 4.17. The van der Waals surface area contributed by atoms with Crippen molar-refractivity contribution in [1.82, 2.24) is 14.1 Å². The van der Waals surface area contributed by atoms with Gasteiger partial charge in [0.15, 0.2) is 0 Å². The quantitative estimate of drug-likeness (QED) is 0.640. The summed E-state index contributed by atoms with van der Waals surface area (Å²) in [5.41, 5.74) is 2.64. The zero-order valence-electron chi connectivity index (χ0n) is 8.34. The normalized spacial score (nSPS) is 18.0. The molecule has 1 N–H and O–H groups in total. The lowest BCUT2D eigenvalue weighted by Crippen LogP contribution is -2.17. The Hall–Kier alpha value is -1.31. The minimum atomic E-state index is -0.142. The zero-order chi connectivity index (χ0) is 11.8. The maximum Gasteiger partial charge on any atom is 0.263 e. The fraction of sp³-hybridized carbons (Fsp3) is 0. The van der Waals surface area contributed by atoms with Crippen molar-refractivity contribution in [3.63, 3.8) is 0 Å². The molecular formula is C10H5N3OS3. The van der Waals surface area contributed by atoms with Crippen molar-refractivity contribution in [2.24, 2.45) is 0 Å². The molecule has 1 amide bonds. The molecule has 4 nitrogen and oxygen atoms in total. The number of rotatable bonds is 1. The molecule has 1 aromatic heterocycles. The molecule has 17 heavy (non-hydrogen) atoms. The zero-order valence-corrected chi connectivity index (χ0v) is 10.8. The molecule has 0 spiro atoms. The van der Waals surface area contributed by atoms with Gasteiger partial charge in [0, 0.05) is 0 Å². The number of carbonyl (C=O) groups is 1. The second-order valence-corrected chi connectivity index (χ2v) is 5.61. The molecule has 1 aliphatic heterocycles. The number of aromatic nitrogens is 2. The SMILES string of the molecule is O=C1NC(=S)S/C1=C\c1ccc2nsnc2c1. The van der Waals surface area contributed by atoms with Gasteiger partial charge in [-0.1, -0.05) is 30.0 Å². The second-order valence-electron chi connectivity index (χ2n) is 3.36. The van der Waals surface area contributed by atoms with E-state index in [9.17, 15) is 4.79 Å². The molecule has 1 aromatic carbocycles. The smallest absolute Gasteiger partial charge is 0.263 e. The van der Waals surface area contributed by atoms with Crippen LogP contribution in [0.3, 0.4) is 0 Å². The van der Waals surface area contributed by atoms with Gasteiger partial charge in [-0.3, -0.25) is 4.79 Å². The van der Waals surface area contributed by atoms with Crippen molar-refractivity contribution in [3.8, 4) is 0 Å². The molecule has 7 heteroatoms. The molecule has 0 radical (unpaired) electrons. The van der Waals surface area contributed by atoms with Gasteiger partial charge in [-0.15, -0.1) is 0 Å². The predicted octanol–water partition coefficient (Wildman–Crippen LogP) is 2.18. The van der Waals surface area contributed by atoms with Gasteiger partial charge in [-0.25, -0.2) is 0 Å². The first kappa shape index (κ1) is 10.8. The highest BCUT2D eigenvalue weighted by Gasteiger charge is 2.21. The van der Waals surface area contributed by atoms with E-state index in [0.717, 1.165) is 16.6 Å². The predicted molar refractivity (Wildman–Crippen MR) is 73.7 cm³/mol. The fourth-order valence-electron chi connectivity index (χ4n) is 1.46. The molecule has 1 fully saturated rings. The maximum absolute atomic E-state index is 11.5. The molecular weight excluding hydrogens is 274 g/mol. The van der Waals surface area contributed by atoms with Crippen molar-refractivity contribution < 1.29 is 4.79 Å². The van der Waals surface area contributed by atoms with Crippen LogP contribution in [0.1, 0.15) is 5.56 Å². The van der Waals surface area contributed by atoms with Gasteiger partial charge >= 0.3 is 0 Å². The molecule has 0 saturated carbocycles. The monoisotopic (exact) mass is 279 g/mol. The van der Waals surface area contributed by atoms with Crippen LogP contribution in [0.15, 0.2) is 23.1 Å². The number of nitrogens with zero attached hydrogens (tertiary/aromatic N) is 2. The van der Waals surface area contributed by atoms with Crippen LogP contribution in [-0.2, 0) is 4.79 Å². The number of nitrogens with one attached hydrogen (secondary N) is 1. The first-order valence-corrected chi connectivity index (χ1v) is 6.65. The highest BCUT2D eigenvalue weighted by Crippen LogP contribution is 2.26. The molecule has 3 rings (SSSR count). The van der Waals surface area contributed by atoms with Crippen LogP contribution < -0.4 is 5.32 Å². The van der Waals surface area contributed by atoms with Gasteiger partial charge < -0.3 is 5.32 Å². The average Bonchev–Trinajstić information content (AvgIpc) is 2.85. The Labute approximate surface area is 110 Å². The van der Waals surface area contributed by atoms with Gasteiger partial charge in [0.2, 0.25) is 0 Å². The van der Waals surface area contributed by atoms with Crippen molar-refractivity contribution in [1.29, 1.82) is 0 Å². The largest absolute Gasteiger partial charge is 0.307 e. The van der Waals surface area contributed by atoms with E-state index < -0.39 is 0 Å². The molecule has 0 bridgehead atoms. The van der Waals surface area contributed by atoms with Crippen LogP contribution in [0.25, 0.3) is 17.1 Å². The average molecular weight is 279 g/mol. The van der Waals surface area contributed by atoms with E-state index in [-0.39, 0.29) is 5.91 Å². The topological polar surface area (TPSA) is 54.9 Å². The number of amides is 1. The van der Waals surface area contributed by atoms with E-state index in [4.69, 9.17) is 12.2 Å². The van der Waals surface area contributed by atoms with Crippen molar-refractivity contribution >= 4 is 63.0 Å². The lowest BCUT2D eigenvalue weighted by molar-refractivity contribution is -0.115. The third-order valence-corrected chi connectivity index (χ3v) is 3.94. The highest BCUT2D eigenvalue weighted by atomic mass is 32.2. The lowest BCUT2D eigenvalue weighted by Gasteiger charge is -1.94. The van der Waals surface area contributed by atoms with Gasteiger partial charge in [-0.2, -0.15) is 8.75 Å². The molecule has 1 saturated heterocycles. The number of thioether (sulfide) groups is 1. The van der Waals surface area contributed by atoms with Crippen LogP contribution in [0.5, 0.6) is 0 Å². The molecule has 0 aliphatic carbocycles. The Morgan fingerprint density at radius 2 is 2.12 bits per heavy atom. The van der Waals surface area contributed by atoms with Crippen molar-refractivity contribution in [2.45, 2.75) is 0 Å². The Morgan fingerprint density at radius 3 is 2.88 bits per heavy atom. The lowest BCUT2D eigenvalue weighted by atomic mass is 10.2. The summed E-state index contributed by atoms with van der Waals surface area (Å²) < 4.78 is 8.78. The summed E-state index contributed by atoms with van der Waals surface area (Å²) in [6.45, 7) is 0. The summed E-state index contributed by atoms with van der Waals surface area (Å²) in [5, 5.41) is 2.58. The molecule has 0 unspecified atom stereocenters. The summed E-state index contributed by atoms with van der Waals surface area (Å²) in [7, 11) is 0. The summed E-state index contributed by atoms with van der Waals surface area (Å²) in [6.07, 6.45) is 1.80. The summed E-state index contributed by atoms with van der Waals surface area (Å²) >= 11 is 7.38. The number of fused-ring (bicyclic) bond motifs is 1. The first-order chi connectivity index (χ1) is 8.22. The molecule has 1 aliphatic rings. The molecule has 2 heterocycles. The van der Waals surface area contributed by atoms with Gasteiger partial charge in [0.1, 0.15) is 15.4 Å². The van der Waals surface area contributed by atoms with E-state index in [1.165, 1.54) is 23.5 Å². The standard InChI is InChI=1S/C10H5N3OS3/c14-9-8(16-10(15)11-9)4-5-1-2-6-7(3-5)13-17-12-6/h1-4H,(H,11,14,15)/b8-4-. The summed E-state index contributed by atoms with van der Waals surface area (Å²) in [6, 6.07) is 5.70. The van der Waals surface area contributed by atoms with Gasteiger partial charge in [-0.05, 0) is 23.8 Å². The molecule has 0 atom stereocenters. The summed E-state index contributed by atoms with van der Waals surface area (Å²) in [4.78, 5) is 12.1. The fourth-order valence-corrected chi connectivity index (χ4v) is 3.02. The third-order valence-electron chi connectivity index (χ3n) is 2.22. The van der Waals surface area contributed by atoms with Crippen LogP contribution in [0.4, 0.5) is 0 Å². The Morgan fingerprint density at radius 1 is 1.29 bits per heavy atom. The van der Waals surface area contributed by atoms with Crippen LogP contribution in [-0.4, -0.2) is 19.0 Å². The van der Waals surface area contributed by atoms with Crippen LogP contribution in [0.2, 0.25) is 0 Å².